The van der Waals surface area contributed by atoms with E-state index >= 15 is 0 Å². The van der Waals surface area contributed by atoms with Gasteiger partial charge >= 0.3 is 0 Å². The molecule has 0 aliphatic rings. The van der Waals surface area contributed by atoms with Gasteiger partial charge in [0.05, 0.1) is 7.11 Å². The molecule has 3 heteroatoms. The lowest BCUT2D eigenvalue weighted by Gasteiger charge is -2.03. The monoisotopic (exact) mass is 150 g/mol. The molecular weight excluding hydrogens is 139 g/mol. The van der Waals surface area contributed by atoms with Crippen molar-refractivity contribution < 1.29 is 9.84 Å². The normalized spacial score (nSPS) is 9.27. The summed E-state index contributed by atoms with van der Waals surface area (Å²) in [5.41, 5.74) is 0.950. The van der Waals surface area contributed by atoms with Crippen LogP contribution in [0.3, 0.4) is 0 Å². The van der Waals surface area contributed by atoms with Gasteiger partial charge in [-0.3, -0.25) is 0 Å². The molecule has 0 fully saturated rings. The minimum atomic E-state index is 0.312. The predicted molar refractivity (Wildman–Crippen MR) is 47.3 cm³/mol. The van der Waals surface area contributed by atoms with Crippen LogP contribution in [0.25, 0.3) is 0 Å². The van der Waals surface area contributed by atoms with Crippen molar-refractivity contribution in [3.8, 4) is 11.5 Å². The molecule has 0 unspecified atom stereocenters. The number of phenolic OH excluding ortho intramolecular Hbond substituents is 1. The van der Waals surface area contributed by atoms with Crippen LogP contribution in [-0.4, -0.2) is 19.5 Å². The summed E-state index contributed by atoms with van der Waals surface area (Å²) < 4.78 is 4.93. The molecule has 0 heterocycles. The van der Waals surface area contributed by atoms with Crippen LogP contribution in [0.4, 0.5) is 0 Å². The van der Waals surface area contributed by atoms with Gasteiger partial charge in [0.1, 0.15) is 11.5 Å². The lowest BCUT2D eigenvalue weighted by molar-refractivity contribution is 0.408. The van der Waals surface area contributed by atoms with Crippen LogP contribution in [0.15, 0.2) is 18.2 Å². The Balaban J connectivity index is 2.99. The predicted octanol–water partition coefficient (Wildman–Crippen LogP) is 0.511. The number of ether oxygens (including phenoxy) is 1. The first-order valence-electron chi connectivity index (χ1n) is 3.63. The number of aromatic hydroxyl groups is 1. The molecule has 0 saturated heterocycles. The minimum Gasteiger partial charge on any atom is -0.508 e. The average molecular weight is 150 g/mol. The number of hydrogen-bond acceptors (Lipinski definition) is 2. The Morgan fingerprint density at radius 1 is 1.45 bits per heavy atom. The second-order valence-electron chi connectivity index (χ2n) is 2.35. The molecular formula is C8H11BO2. The quantitative estimate of drug-likeness (QED) is 0.622. The zero-order valence-electron chi connectivity index (χ0n) is 6.79. The molecule has 0 amide bonds. The Morgan fingerprint density at radius 3 is 2.64 bits per heavy atom. The number of benzene rings is 1. The Labute approximate surface area is 67.1 Å². The maximum Gasteiger partial charge on any atom is 0.159 e. The molecule has 1 rings (SSSR count). The van der Waals surface area contributed by atoms with Gasteiger partial charge in [-0.25, -0.2) is 0 Å². The first kappa shape index (κ1) is 7.99. The number of rotatable bonds is 2. The van der Waals surface area contributed by atoms with E-state index in [9.17, 15) is 5.11 Å². The highest BCUT2D eigenvalue weighted by molar-refractivity contribution is 6.53. The molecule has 0 bridgehead atoms. The Hall–Kier alpha value is -1.12. The van der Waals surface area contributed by atoms with Gasteiger partial charge in [-0.1, -0.05) is 12.9 Å². The lowest BCUT2D eigenvalue weighted by atomic mass is 9.73. The highest BCUT2D eigenvalue weighted by Gasteiger charge is 1.99. The Kier molecular flexibility index (Phi) is 2.42. The van der Waals surface area contributed by atoms with Crippen LogP contribution in [0.2, 0.25) is 6.82 Å². The highest BCUT2D eigenvalue weighted by atomic mass is 16.5. The molecule has 0 aliphatic carbocycles. The minimum absolute atomic E-state index is 0.312. The molecule has 0 radical (unpaired) electrons. The van der Waals surface area contributed by atoms with E-state index in [0.29, 0.717) is 11.5 Å². The Morgan fingerprint density at radius 2 is 2.18 bits per heavy atom. The molecule has 58 valence electrons. The van der Waals surface area contributed by atoms with Crippen LogP contribution >= 0.6 is 0 Å². The molecule has 0 saturated carbocycles. The zero-order chi connectivity index (χ0) is 8.27. The molecule has 0 spiro atoms. The maximum absolute atomic E-state index is 9.34. The second-order valence-corrected chi connectivity index (χ2v) is 2.35. The third kappa shape index (κ3) is 1.67. The third-order valence-electron chi connectivity index (χ3n) is 1.67. The fourth-order valence-corrected chi connectivity index (χ4v) is 0.970. The summed E-state index contributed by atoms with van der Waals surface area (Å²) in [5.74, 6) is 1.01. The van der Waals surface area contributed by atoms with Crippen LogP contribution in [0.5, 0.6) is 11.5 Å². The van der Waals surface area contributed by atoms with Crippen molar-refractivity contribution in [2.75, 3.05) is 7.11 Å². The molecule has 0 atom stereocenters. The smallest absolute Gasteiger partial charge is 0.159 e. The van der Waals surface area contributed by atoms with Gasteiger partial charge in [0, 0.05) is 6.07 Å². The van der Waals surface area contributed by atoms with Gasteiger partial charge in [-0.2, -0.15) is 0 Å². The molecule has 2 nitrogen and oxygen atoms in total. The van der Waals surface area contributed by atoms with Crippen molar-refractivity contribution >= 4 is 12.7 Å². The van der Waals surface area contributed by atoms with Crippen LogP contribution in [0, 0.1) is 0 Å². The zero-order valence-corrected chi connectivity index (χ0v) is 6.79. The van der Waals surface area contributed by atoms with Gasteiger partial charge in [-0.05, 0) is 11.5 Å². The largest absolute Gasteiger partial charge is 0.508 e. The number of phenols is 1. The van der Waals surface area contributed by atoms with Gasteiger partial charge in [-0.15, -0.1) is 0 Å². The fraction of sp³-hybridized carbons (Fsp3) is 0.250. The fourth-order valence-electron chi connectivity index (χ4n) is 0.970. The molecule has 0 aliphatic heterocycles. The van der Waals surface area contributed by atoms with Crippen molar-refractivity contribution in [3.05, 3.63) is 18.2 Å². The van der Waals surface area contributed by atoms with Gasteiger partial charge in [0.2, 0.25) is 0 Å². The van der Waals surface area contributed by atoms with Crippen molar-refractivity contribution in [2.24, 2.45) is 0 Å². The summed E-state index contributed by atoms with van der Waals surface area (Å²) in [6.07, 6.45) is 0. The van der Waals surface area contributed by atoms with Crippen molar-refractivity contribution in [1.29, 1.82) is 0 Å². The van der Waals surface area contributed by atoms with E-state index in [1.807, 2.05) is 19.0 Å². The van der Waals surface area contributed by atoms with E-state index in [1.165, 1.54) is 0 Å². The van der Waals surface area contributed by atoms with Gasteiger partial charge < -0.3 is 9.84 Å². The molecule has 11 heavy (non-hydrogen) atoms. The number of hydrogen-bond donors (Lipinski definition) is 1. The van der Waals surface area contributed by atoms with E-state index in [0.717, 1.165) is 12.7 Å². The standard InChI is InChI=1S/C8H11BO2/c1-9-7-4-3-6(11-2)5-8(7)10/h3-5,9-10H,1-2H3. The van der Waals surface area contributed by atoms with Crippen molar-refractivity contribution in [3.63, 3.8) is 0 Å². The maximum atomic E-state index is 9.34. The molecule has 1 aromatic rings. The molecule has 1 aromatic carbocycles. The average Bonchev–Trinajstić information content (AvgIpc) is 2.04. The summed E-state index contributed by atoms with van der Waals surface area (Å²) in [6.45, 7) is 2.00. The topological polar surface area (TPSA) is 29.5 Å². The second kappa shape index (κ2) is 3.33. The van der Waals surface area contributed by atoms with E-state index in [2.05, 4.69) is 0 Å². The lowest BCUT2D eigenvalue weighted by Crippen LogP contribution is -2.10. The summed E-state index contributed by atoms with van der Waals surface area (Å²) in [6, 6.07) is 5.34. The summed E-state index contributed by atoms with van der Waals surface area (Å²) >= 11 is 0. The van der Waals surface area contributed by atoms with Crippen LogP contribution < -0.4 is 10.2 Å². The van der Waals surface area contributed by atoms with E-state index < -0.39 is 0 Å². The van der Waals surface area contributed by atoms with Crippen LogP contribution in [0.1, 0.15) is 0 Å². The third-order valence-corrected chi connectivity index (χ3v) is 1.67. The van der Waals surface area contributed by atoms with Crippen molar-refractivity contribution in [1.82, 2.24) is 0 Å². The summed E-state index contributed by atoms with van der Waals surface area (Å²) in [7, 11) is 2.43. The summed E-state index contributed by atoms with van der Waals surface area (Å²) in [4.78, 5) is 0. The van der Waals surface area contributed by atoms with Gasteiger partial charge in [0.25, 0.3) is 0 Å². The van der Waals surface area contributed by atoms with Crippen molar-refractivity contribution in [2.45, 2.75) is 6.82 Å². The van der Waals surface area contributed by atoms with Crippen LogP contribution in [-0.2, 0) is 0 Å². The highest BCUT2D eigenvalue weighted by Crippen LogP contribution is 2.14. The van der Waals surface area contributed by atoms with E-state index in [1.54, 1.807) is 13.2 Å². The first-order valence-corrected chi connectivity index (χ1v) is 3.63. The van der Waals surface area contributed by atoms with Gasteiger partial charge in [0.15, 0.2) is 7.28 Å². The first-order chi connectivity index (χ1) is 5.27. The molecule has 1 N–H and O–H groups in total. The molecule has 0 aromatic heterocycles. The number of methoxy groups -OCH3 is 1. The summed E-state index contributed by atoms with van der Waals surface area (Å²) in [5, 5.41) is 9.34. The SMILES string of the molecule is CBc1ccc(OC)cc1O. The van der Waals surface area contributed by atoms with E-state index in [4.69, 9.17) is 4.74 Å². The Bertz CT molecular complexity index is 248. The van der Waals surface area contributed by atoms with E-state index in [-0.39, 0.29) is 0 Å².